The molecule has 1 aliphatic carbocycles. The lowest BCUT2D eigenvalue weighted by Gasteiger charge is -2.34. The normalized spacial score (nSPS) is 28.4. The van der Waals surface area contributed by atoms with Gasteiger partial charge in [-0.05, 0) is 38.5 Å². The molecule has 1 N–H and O–H groups in total. The molecular formula is C13H23NO4S. The molecule has 0 aromatic rings. The topological polar surface area (TPSA) is 74.7 Å². The Morgan fingerprint density at radius 2 is 1.79 bits per heavy atom. The van der Waals surface area contributed by atoms with E-state index >= 15 is 0 Å². The fourth-order valence-electron chi connectivity index (χ4n) is 3.40. The van der Waals surface area contributed by atoms with Gasteiger partial charge in [0.2, 0.25) is 10.0 Å². The highest BCUT2D eigenvalue weighted by atomic mass is 32.2. The van der Waals surface area contributed by atoms with Gasteiger partial charge in [0, 0.05) is 12.6 Å². The lowest BCUT2D eigenvalue weighted by atomic mass is 9.83. The van der Waals surface area contributed by atoms with Crippen molar-refractivity contribution in [1.29, 1.82) is 0 Å². The maximum atomic E-state index is 12.4. The number of nitrogens with zero attached hydrogens (tertiary/aromatic N) is 1. The third kappa shape index (κ3) is 2.94. The van der Waals surface area contributed by atoms with Gasteiger partial charge < -0.3 is 5.11 Å². The van der Waals surface area contributed by atoms with Gasteiger partial charge in [0.25, 0.3) is 0 Å². The molecule has 2 unspecified atom stereocenters. The van der Waals surface area contributed by atoms with E-state index in [1.54, 1.807) is 0 Å². The molecule has 1 saturated carbocycles. The molecule has 2 atom stereocenters. The molecule has 0 spiro atoms. The Balaban J connectivity index is 2.15. The minimum Gasteiger partial charge on any atom is -0.480 e. The van der Waals surface area contributed by atoms with Crippen LogP contribution in [-0.2, 0) is 14.8 Å². The highest BCUT2D eigenvalue weighted by molar-refractivity contribution is 7.90. The first-order chi connectivity index (χ1) is 8.94. The SMILES string of the molecule is CC(C(=O)O)S(=O)(=O)N1CCCC1C1CCCCC1. The summed E-state index contributed by atoms with van der Waals surface area (Å²) in [5.41, 5.74) is 0. The number of aliphatic carboxylic acids is 1. The number of carboxylic acid groups (broad SMARTS) is 1. The molecule has 0 aromatic carbocycles. The smallest absolute Gasteiger partial charge is 0.323 e. The number of hydrogen-bond acceptors (Lipinski definition) is 3. The van der Waals surface area contributed by atoms with Crippen molar-refractivity contribution in [2.24, 2.45) is 5.92 Å². The van der Waals surface area contributed by atoms with Crippen LogP contribution < -0.4 is 0 Å². The quantitative estimate of drug-likeness (QED) is 0.857. The van der Waals surface area contributed by atoms with Crippen molar-refractivity contribution < 1.29 is 18.3 Å². The number of sulfonamides is 1. The first-order valence-corrected chi connectivity index (χ1v) is 8.68. The highest BCUT2D eigenvalue weighted by Crippen LogP contribution is 2.36. The summed E-state index contributed by atoms with van der Waals surface area (Å²) in [4.78, 5) is 11.0. The second-order valence-electron chi connectivity index (χ2n) is 5.74. The number of rotatable bonds is 4. The van der Waals surface area contributed by atoms with Gasteiger partial charge in [0.1, 0.15) is 0 Å². The first-order valence-electron chi connectivity index (χ1n) is 7.18. The van der Waals surface area contributed by atoms with Gasteiger partial charge in [-0.25, -0.2) is 8.42 Å². The van der Waals surface area contributed by atoms with Crippen molar-refractivity contribution in [2.45, 2.75) is 63.2 Å². The minimum absolute atomic E-state index is 0.0344. The monoisotopic (exact) mass is 289 g/mol. The van der Waals surface area contributed by atoms with Gasteiger partial charge in [-0.2, -0.15) is 4.31 Å². The maximum absolute atomic E-state index is 12.4. The van der Waals surface area contributed by atoms with Crippen LogP contribution in [0.2, 0.25) is 0 Å². The average Bonchev–Trinajstić information content (AvgIpc) is 2.88. The molecule has 2 fully saturated rings. The van der Waals surface area contributed by atoms with Crippen molar-refractivity contribution in [3.63, 3.8) is 0 Å². The molecule has 5 nitrogen and oxygen atoms in total. The van der Waals surface area contributed by atoms with Crippen molar-refractivity contribution in [3.8, 4) is 0 Å². The number of carboxylic acids is 1. The second-order valence-corrected chi connectivity index (χ2v) is 7.95. The molecule has 1 heterocycles. The predicted molar refractivity (Wildman–Crippen MR) is 72.3 cm³/mol. The molecule has 0 bridgehead atoms. The van der Waals surface area contributed by atoms with E-state index in [2.05, 4.69) is 0 Å². The summed E-state index contributed by atoms with van der Waals surface area (Å²) in [6, 6.07) is 0.0344. The Hall–Kier alpha value is -0.620. The Morgan fingerprint density at radius 3 is 2.37 bits per heavy atom. The van der Waals surface area contributed by atoms with E-state index in [4.69, 9.17) is 5.11 Å². The van der Waals surface area contributed by atoms with Crippen LogP contribution in [0.5, 0.6) is 0 Å². The Morgan fingerprint density at radius 1 is 1.16 bits per heavy atom. The highest BCUT2D eigenvalue weighted by Gasteiger charge is 2.43. The van der Waals surface area contributed by atoms with E-state index in [0.29, 0.717) is 12.5 Å². The molecule has 0 radical (unpaired) electrons. The molecule has 2 aliphatic rings. The van der Waals surface area contributed by atoms with Gasteiger partial charge in [-0.15, -0.1) is 0 Å². The van der Waals surface area contributed by atoms with Crippen molar-refractivity contribution in [3.05, 3.63) is 0 Å². The summed E-state index contributed by atoms with van der Waals surface area (Å²) in [6.45, 7) is 1.76. The van der Waals surface area contributed by atoms with Crippen molar-refractivity contribution >= 4 is 16.0 Å². The predicted octanol–water partition coefficient (Wildman–Crippen LogP) is 1.83. The van der Waals surface area contributed by atoms with Crippen LogP contribution in [0.4, 0.5) is 0 Å². The fraction of sp³-hybridized carbons (Fsp3) is 0.923. The zero-order chi connectivity index (χ0) is 14.0. The number of carbonyl (C=O) groups is 1. The summed E-state index contributed by atoms with van der Waals surface area (Å²) >= 11 is 0. The van der Waals surface area contributed by atoms with Gasteiger partial charge >= 0.3 is 5.97 Å². The first kappa shape index (κ1) is 14.8. The molecule has 110 valence electrons. The lowest BCUT2D eigenvalue weighted by molar-refractivity contribution is -0.136. The summed E-state index contributed by atoms with van der Waals surface area (Å²) in [5.74, 6) is -0.832. The zero-order valence-corrected chi connectivity index (χ0v) is 12.2. The van der Waals surface area contributed by atoms with E-state index < -0.39 is 21.2 Å². The summed E-state index contributed by atoms with van der Waals surface area (Å²) in [5, 5.41) is 7.63. The second kappa shape index (κ2) is 5.79. The zero-order valence-electron chi connectivity index (χ0n) is 11.4. The molecular weight excluding hydrogens is 266 g/mol. The Kier molecular flexibility index (Phi) is 4.50. The standard InChI is InChI=1S/C13H23NO4S/c1-10(13(15)16)19(17,18)14-9-5-8-12(14)11-6-3-2-4-7-11/h10-12H,2-9H2,1H3,(H,15,16). The van der Waals surface area contributed by atoms with Crippen LogP contribution in [-0.4, -0.2) is 41.6 Å². The minimum atomic E-state index is -3.70. The van der Waals surface area contributed by atoms with E-state index in [1.165, 1.54) is 30.5 Å². The van der Waals surface area contributed by atoms with Crippen molar-refractivity contribution in [2.75, 3.05) is 6.54 Å². The molecule has 1 saturated heterocycles. The summed E-state index contributed by atoms with van der Waals surface area (Å²) in [7, 11) is -3.70. The van der Waals surface area contributed by atoms with Gasteiger partial charge in [0.15, 0.2) is 5.25 Å². The molecule has 6 heteroatoms. The van der Waals surface area contributed by atoms with E-state index in [1.807, 2.05) is 0 Å². The van der Waals surface area contributed by atoms with Crippen LogP contribution in [0.25, 0.3) is 0 Å². The number of hydrogen-bond donors (Lipinski definition) is 1. The average molecular weight is 289 g/mol. The molecule has 2 rings (SSSR count). The molecule has 19 heavy (non-hydrogen) atoms. The Labute approximate surface area is 115 Å². The van der Waals surface area contributed by atoms with Gasteiger partial charge in [-0.3, -0.25) is 4.79 Å². The van der Waals surface area contributed by atoms with Gasteiger partial charge in [0.05, 0.1) is 0 Å². The third-order valence-corrected chi connectivity index (χ3v) is 6.77. The van der Waals surface area contributed by atoms with E-state index in [0.717, 1.165) is 25.7 Å². The largest absolute Gasteiger partial charge is 0.480 e. The Bertz CT molecular complexity index is 428. The molecule has 0 amide bonds. The molecule has 0 aromatic heterocycles. The lowest BCUT2D eigenvalue weighted by Crippen LogP contribution is -2.46. The van der Waals surface area contributed by atoms with E-state index in [9.17, 15) is 13.2 Å². The molecule has 1 aliphatic heterocycles. The van der Waals surface area contributed by atoms with Crippen LogP contribution in [0.15, 0.2) is 0 Å². The van der Waals surface area contributed by atoms with Crippen LogP contribution in [0.3, 0.4) is 0 Å². The van der Waals surface area contributed by atoms with Crippen LogP contribution >= 0.6 is 0 Å². The van der Waals surface area contributed by atoms with Crippen LogP contribution in [0.1, 0.15) is 51.9 Å². The van der Waals surface area contributed by atoms with E-state index in [-0.39, 0.29) is 6.04 Å². The fourth-order valence-corrected chi connectivity index (χ4v) is 5.10. The maximum Gasteiger partial charge on any atom is 0.323 e. The summed E-state index contributed by atoms with van der Waals surface area (Å²) in [6.07, 6.45) is 7.48. The third-order valence-electron chi connectivity index (χ3n) is 4.56. The summed E-state index contributed by atoms with van der Waals surface area (Å²) < 4.78 is 26.2. The van der Waals surface area contributed by atoms with Crippen molar-refractivity contribution in [1.82, 2.24) is 4.31 Å². The van der Waals surface area contributed by atoms with Gasteiger partial charge in [-0.1, -0.05) is 19.3 Å². The van der Waals surface area contributed by atoms with Crippen LogP contribution in [0, 0.1) is 5.92 Å².